The summed E-state index contributed by atoms with van der Waals surface area (Å²) in [7, 11) is 4.23. The van der Waals surface area contributed by atoms with E-state index in [9.17, 15) is 9.18 Å². The van der Waals surface area contributed by atoms with E-state index in [1.807, 2.05) is 12.1 Å². The SMILES string of the molecule is CN1CCC(CN(C)Cc2cc(Cc3n[nH]c(=O)c4c3CCCC4)ccc2F)C1. The van der Waals surface area contributed by atoms with Crippen LogP contribution in [0.4, 0.5) is 4.39 Å². The van der Waals surface area contributed by atoms with Crippen LogP contribution in [0.5, 0.6) is 0 Å². The first-order chi connectivity index (χ1) is 14.0. The Morgan fingerprint density at radius 3 is 2.83 bits per heavy atom. The van der Waals surface area contributed by atoms with E-state index in [1.54, 1.807) is 6.07 Å². The van der Waals surface area contributed by atoms with Gasteiger partial charge >= 0.3 is 0 Å². The summed E-state index contributed by atoms with van der Waals surface area (Å²) in [6, 6.07) is 5.38. The maximum atomic E-state index is 14.5. The minimum atomic E-state index is -0.152. The molecular weight excluding hydrogens is 367 g/mol. The number of likely N-dealkylation sites (tertiary alicyclic amines) is 1. The highest BCUT2D eigenvalue weighted by molar-refractivity contribution is 5.35. The maximum absolute atomic E-state index is 14.5. The Hall–Kier alpha value is -2.05. The largest absolute Gasteiger partial charge is 0.306 e. The van der Waals surface area contributed by atoms with Crippen LogP contribution >= 0.6 is 0 Å². The van der Waals surface area contributed by atoms with E-state index in [0.717, 1.165) is 73.3 Å². The van der Waals surface area contributed by atoms with Gasteiger partial charge in [-0.2, -0.15) is 5.10 Å². The lowest BCUT2D eigenvalue weighted by molar-refractivity contribution is 0.264. The number of aromatic amines is 1. The molecule has 0 radical (unpaired) electrons. The topological polar surface area (TPSA) is 52.2 Å². The molecule has 2 aromatic rings. The summed E-state index contributed by atoms with van der Waals surface area (Å²) in [5, 5.41) is 6.99. The van der Waals surface area contributed by atoms with Crippen LogP contribution in [0.2, 0.25) is 0 Å². The summed E-state index contributed by atoms with van der Waals surface area (Å²) in [4.78, 5) is 16.7. The van der Waals surface area contributed by atoms with Gasteiger partial charge in [0.1, 0.15) is 5.82 Å². The zero-order chi connectivity index (χ0) is 20.4. The fraction of sp³-hybridized carbons (Fsp3) is 0.565. The number of benzene rings is 1. The summed E-state index contributed by atoms with van der Waals surface area (Å²) in [6.07, 6.45) is 5.74. The number of H-pyrrole nitrogens is 1. The molecule has 1 saturated heterocycles. The van der Waals surface area contributed by atoms with Crippen LogP contribution in [0, 0.1) is 11.7 Å². The van der Waals surface area contributed by atoms with Gasteiger partial charge in [0.15, 0.2) is 0 Å². The molecular formula is C23H31FN4O. The van der Waals surface area contributed by atoms with Crippen LogP contribution in [0.15, 0.2) is 23.0 Å². The van der Waals surface area contributed by atoms with E-state index >= 15 is 0 Å². The van der Waals surface area contributed by atoms with E-state index < -0.39 is 0 Å². The molecule has 2 heterocycles. The molecule has 0 spiro atoms. The van der Waals surface area contributed by atoms with Gasteiger partial charge in [-0.25, -0.2) is 9.49 Å². The minimum Gasteiger partial charge on any atom is -0.306 e. The lowest BCUT2D eigenvalue weighted by atomic mass is 9.90. The van der Waals surface area contributed by atoms with Crippen molar-refractivity contribution in [3.8, 4) is 0 Å². The molecule has 156 valence electrons. The third-order valence-corrected chi connectivity index (χ3v) is 6.36. The Bertz CT molecular complexity index is 926. The summed E-state index contributed by atoms with van der Waals surface area (Å²) < 4.78 is 14.5. The van der Waals surface area contributed by atoms with Gasteiger partial charge in [0.2, 0.25) is 0 Å². The average molecular weight is 399 g/mol. The van der Waals surface area contributed by atoms with Crippen molar-refractivity contribution in [3.63, 3.8) is 0 Å². The van der Waals surface area contributed by atoms with Crippen LogP contribution in [-0.2, 0) is 25.8 Å². The molecule has 5 nitrogen and oxygen atoms in total. The monoisotopic (exact) mass is 398 g/mol. The Balaban J connectivity index is 1.48. The first-order valence-electron chi connectivity index (χ1n) is 10.7. The van der Waals surface area contributed by atoms with Crippen molar-refractivity contribution in [1.82, 2.24) is 20.0 Å². The van der Waals surface area contributed by atoms with Gasteiger partial charge in [-0.3, -0.25) is 4.79 Å². The molecule has 2 aliphatic rings. The number of fused-ring (bicyclic) bond motifs is 1. The summed E-state index contributed by atoms with van der Waals surface area (Å²) in [5.74, 6) is 0.508. The lowest BCUT2D eigenvalue weighted by Crippen LogP contribution is -2.27. The molecule has 1 unspecified atom stereocenters. The Kier molecular flexibility index (Phi) is 6.11. The summed E-state index contributed by atoms with van der Waals surface area (Å²) >= 11 is 0. The van der Waals surface area contributed by atoms with Crippen LogP contribution < -0.4 is 5.56 Å². The van der Waals surface area contributed by atoms with E-state index in [1.165, 1.54) is 6.42 Å². The second kappa shape index (κ2) is 8.76. The van der Waals surface area contributed by atoms with Crippen molar-refractivity contribution in [1.29, 1.82) is 0 Å². The first-order valence-corrected chi connectivity index (χ1v) is 10.7. The average Bonchev–Trinajstić information content (AvgIpc) is 3.11. The van der Waals surface area contributed by atoms with Crippen molar-refractivity contribution in [2.24, 2.45) is 5.92 Å². The van der Waals surface area contributed by atoms with E-state index in [0.29, 0.717) is 18.9 Å². The third kappa shape index (κ3) is 4.75. The van der Waals surface area contributed by atoms with E-state index in [4.69, 9.17) is 0 Å². The van der Waals surface area contributed by atoms with E-state index in [-0.39, 0.29) is 11.4 Å². The predicted octanol–water partition coefficient (Wildman–Crippen LogP) is 2.76. The molecule has 4 rings (SSSR count). The van der Waals surface area contributed by atoms with Crippen LogP contribution in [0.1, 0.15) is 47.2 Å². The number of nitrogens with one attached hydrogen (secondary N) is 1. The summed E-state index contributed by atoms with van der Waals surface area (Å²) in [6.45, 7) is 3.87. The fourth-order valence-electron chi connectivity index (χ4n) is 4.90. The lowest BCUT2D eigenvalue weighted by Gasteiger charge is -2.22. The molecule has 1 aliphatic heterocycles. The zero-order valence-corrected chi connectivity index (χ0v) is 17.5. The third-order valence-electron chi connectivity index (χ3n) is 6.36. The van der Waals surface area contributed by atoms with Gasteiger partial charge in [-0.1, -0.05) is 12.1 Å². The van der Waals surface area contributed by atoms with Crippen molar-refractivity contribution in [3.05, 3.63) is 62.3 Å². The van der Waals surface area contributed by atoms with Gasteiger partial charge in [-0.15, -0.1) is 0 Å². The van der Waals surface area contributed by atoms with Crippen LogP contribution in [0.25, 0.3) is 0 Å². The molecule has 1 fully saturated rings. The van der Waals surface area contributed by atoms with Crippen LogP contribution in [-0.4, -0.2) is 53.7 Å². The van der Waals surface area contributed by atoms with Gasteiger partial charge in [0, 0.05) is 37.2 Å². The minimum absolute atomic E-state index is 0.0533. The number of rotatable bonds is 6. The molecule has 1 aliphatic carbocycles. The molecule has 0 saturated carbocycles. The number of nitrogens with zero attached hydrogens (tertiary/aromatic N) is 3. The molecule has 0 amide bonds. The second-order valence-corrected chi connectivity index (χ2v) is 8.88. The Morgan fingerprint density at radius 1 is 1.28 bits per heavy atom. The number of aromatic nitrogens is 2. The molecule has 29 heavy (non-hydrogen) atoms. The molecule has 1 aromatic carbocycles. The zero-order valence-electron chi connectivity index (χ0n) is 17.5. The van der Waals surface area contributed by atoms with Crippen molar-refractivity contribution in [2.75, 3.05) is 33.7 Å². The molecule has 1 aromatic heterocycles. The normalized spacial score (nSPS) is 19.7. The van der Waals surface area contributed by atoms with Crippen molar-refractivity contribution < 1.29 is 4.39 Å². The highest BCUT2D eigenvalue weighted by Gasteiger charge is 2.21. The number of halogens is 1. The molecule has 0 bridgehead atoms. The summed E-state index contributed by atoms with van der Waals surface area (Å²) in [5.41, 5.74) is 4.65. The van der Waals surface area contributed by atoms with Gasteiger partial charge in [0.25, 0.3) is 5.56 Å². The quantitative estimate of drug-likeness (QED) is 0.813. The maximum Gasteiger partial charge on any atom is 0.267 e. The fourth-order valence-corrected chi connectivity index (χ4v) is 4.90. The Labute approximate surface area is 171 Å². The van der Waals surface area contributed by atoms with Crippen molar-refractivity contribution >= 4 is 0 Å². The van der Waals surface area contributed by atoms with Gasteiger partial charge in [0.05, 0.1) is 5.69 Å². The first kappa shape index (κ1) is 20.2. The smallest absolute Gasteiger partial charge is 0.267 e. The molecule has 1 N–H and O–H groups in total. The Morgan fingerprint density at radius 2 is 2.07 bits per heavy atom. The predicted molar refractivity (Wildman–Crippen MR) is 113 cm³/mol. The van der Waals surface area contributed by atoms with Gasteiger partial charge in [-0.05, 0) is 75.9 Å². The molecule has 1 atom stereocenters. The van der Waals surface area contributed by atoms with Crippen molar-refractivity contribution in [2.45, 2.75) is 45.1 Å². The van der Waals surface area contributed by atoms with Gasteiger partial charge < -0.3 is 9.80 Å². The standard InChI is InChI=1S/C23H31FN4O/c1-27-10-9-17(13-27)14-28(2)15-18-11-16(7-8-21(18)24)12-22-19-5-3-4-6-20(19)23(29)26-25-22/h7-8,11,17H,3-6,9-10,12-15H2,1-2H3,(H,26,29). The number of hydrogen-bond donors (Lipinski definition) is 1. The van der Waals surface area contributed by atoms with E-state index in [2.05, 4.69) is 34.1 Å². The molecule has 6 heteroatoms. The van der Waals surface area contributed by atoms with Crippen LogP contribution in [0.3, 0.4) is 0 Å². The highest BCUT2D eigenvalue weighted by Crippen LogP contribution is 2.23. The highest BCUT2D eigenvalue weighted by atomic mass is 19.1. The second-order valence-electron chi connectivity index (χ2n) is 8.88. The number of hydrogen-bond acceptors (Lipinski definition) is 4.